The molecule has 1 atom stereocenters. The summed E-state index contributed by atoms with van der Waals surface area (Å²) in [6.45, 7) is 4.55. The largest absolute Gasteiger partial charge is 0.507 e. The number of Topliss-reactive ketones (excluding diaryl/α,β-unsaturated/α-hetero) is 1. The fraction of sp³-hybridized carbons (Fsp3) is 0.360. The summed E-state index contributed by atoms with van der Waals surface area (Å²) < 4.78 is 5.36. The molecule has 32 heavy (non-hydrogen) atoms. The van der Waals surface area contributed by atoms with Crippen LogP contribution in [-0.4, -0.2) is 35.4 Å². The van der Waals surface area contributed by atoms with E-state index < -0.39 is 17.7 Å². The number of methoxy groups -OCH3 is 1. The highest BCUT2D eigenvalue weighted by Crippen LogP contribution is 2.43. The third-order valence-corrected chi connectivity index (χ3v) is 6.21. The number of amides is 1. The van der Waals surface area contributed by atoms with E-state index in [0.717, 1.165) is 36.8 Å². The minimum absolute atomic E-state index is 0.00683. The van der Waals surface area contributed by atoms with Gasteiger partial charge in [-0.2, -0.15) is 0 Å². The fourth-order valence-corrected chi connectivity index (χ4v) is 4.58. The van der Waals surface area contributed by atoms with Crippen LogP contribution in [0.4, 0.5) is 0 Å². The summed E-state index contributed by atoms with van der Waals surface area (Å²) in [6.07, 6.45) is 3.55. The van der Waals surface area contributed by atoms with Gasteiger partial charge in [-0.15, -0.1) is 0 Å². The first kappa shape index (κ1) is 24.1. The number of aliphatic hydroxyl groups is 1. The molecular weight excluding hydrogens is 449 g/mol. The van der Waals surface area contributed by atoms with Crippen LogP contribution < -0.4 is 4.74 Å². The maximum Gasteiger partial charge on any atom is 0.295 e. The molecule has 1 aliphatic heterocycles. The van der Waals surface area contributed by atoms with Crippen molar-refractivity contribution >= 4 is 40.7 Å². The zero-order chi connectivity index (χ0) is 23.4. The highest BCUT2D eigenvalue weighted by molar-refractivity contribution is 6.46. The Bertz CT molecular complexity index is 1050. The second-order valence-corrected chi connectivity index (χ2v) is 8.61. The van der Waals surface area contributed by atoms with E-state index in [-0.39, 0.29) is 32.7 Å². The molecule has 1 fully saturated rings. The number of aliphatic hydroxyl groups excluding tert-OH is 1. The Labute approximate surface area is 198 Å². The van der Waals surface area contributed by atoms with E-state index in [9.17, 15) is 14.7 Å². The Hall–Kier alpha value is -2.50. The summed E-state index contributed by atoms with van der Waals surface area (Å²) in [5, 5.41) is 11.7. The van der Waals surface area contributed by atoms with Crippen LogP contribution in [0.5, 0.6) is 5.75 Å². The van der Waals surface area contributed by atoms with Gasteiger partial charge in [-0.05, 0) is 36.1 Å². The van der Waals surface area contributed by atoms with Crippen molar-refractivity contribution in [3.8, 4) is 5.75 Å². The third kappa shape index (κ3) is 4.64. The predicted molar refractivity (Wildman–Crippen MR) is 127 cm³/mol. The van der Waals surface area contributed by atoms with E-state index in [0.29, 0.717) is 6.54 Å². The van der Waals surface area contributed by atoms with Crippen LogP contribution in [0.15, 0.2) is 42.0 Å². The van der Waals surface area contributed by atoms with Gasteiger partial charge in [0.2, 0.25) is 0 Å². The van der Waals surface area contributed by atoms with Gasteiger partial charge in [0.1, 0.15) is 11.5 Å². The molecule has 1 unspecified atom stereocenters. The number of ether oxygens (including phenoxy) is 1. The molecule has 0 bridgehead atoms. The molecule has 2 aromatic carbocycles. The van der Waals surface area contributed by atoms with Gasteiger partial charge < -0.3 is 14.7 Å². The maximum atomic E-state index is 13.1. The number of carbonyl (C=O) groups excluding carboxylic acids is 2. The molecule has 7 heteroatoms. The molecule has 2 aromatic rings. The van der Waals surface area contributed by atoms with Crippen LogP contribution in [0.3, 0.4) is 0 Å². The van der Waals surface area contributed by atoms with Crippen molar-refractivity contribution in [3.63, 3.8) is 0 Å². The quantitative estimate of drug-likeness (QED) is 0.214. The van der Waals surface area contributed by atoms with Crippen molar-refractivity contribution in [2.45, 2.75) is 45.6 Å². The number of carbonyl (C=O) groups is 2. The second kappa shape index (κ2) is 10.4. The van der Waals surface area contributed by atoms with E-state index in [4.69, 9.17) is 27.9 Å². The van der Waals surface area contributed by atoms with Crippen molar-refractivity contribution in [1.82, 2.24) is 4.90 Å². The van der Waals surface area contributed by atoms with E-state index in [1.165, 1.54) is 19.2 Å². The Morgan fingerprint density at radius 3 is 2.38 bits per heavy atom. The number of halogens is 2. The molecule has 1 heterocycles. The zero-order valence-electron chi connectivity index (χ0n) is 18.5. The lowest BCUT2D eigenvalue weighted by Gasteiger charge is -2.25. The van der Waals surface area contributed by atoms with Gasteiger partial charge in [0, 0.05) is 11.6 Å². The van der Waals surface area contributed by atoms with Crippen LogP contribution in [-0.2, 0) is 16.0 Å². The SMILES string of the molecule is CCCCCN1C(=O)C(=O)/C(=C(/O)c2cc(Cl)cc(Cl)c2OC)C1c1ccc(CC)cc1. The number of likely N-dealkylation sites (tertiary alicyclic amines) is 1. The predicted octanol–water partition coefficient (Wildman–Crippen LogP) is 6.18. The second-order valence-electron chi connectivity index (χ2n) is 7.76. The van der Waals surface area contributed by atoms with E-state index in [1.807, 2.05) is 24.3 Å². The van der Waals surface area contributed by atoms with Gasteiger partial charge in [-0.1, -0.05) is 74.2 Å². The maximum absolute atomic E-state index is 13.1. The first-order valence-corrected chi connectivity index (χ1v) is 11.5. The standard InChI is InChI=1S/C25H27Cl2NO4/c1-4-6-7-12-28-21(16-10-8-15(5-2)9-11-16)20(23(30)25(28)31)22(29)18-13-17(26)14-19(27)24(18)32-3/h8-11,13-14,21,29H,4-7,12H2,1-3H3/b22-20+. The van der Waals surface area contributed by atoms with Gasteiger partial charge in [-0.3, -0.25) is 9.59 Å². The molecule has 1 N–H and O–H groups in total. The summed E-state index contributed by atoms with van der Waals surface area (Å²) >= 11 is 12.4. The number of ketones is 1. The van der Waals surface area contributed by atoms with Crippen molar-refractivity contribution in [3.05, 3.63) is 68.7 Å². The van der Waals surface area contributed by atoms with E-state index in [2.05, 4.69) is 13.8 Å². The van der Waals surface area contributed by atoms with Gasteiger partial charge in [0.25, 0.3) is 11.7 Å². The third-order valence-electron chi connectivity index (χ3n) is 5.71. The number of rotatable bonds is 8. The van der Waals surface area contributed by atoms with Crippen molar-refractivity contribution in [1.29, 1.82) is 0 Å². The van der Waals surface area contributed by atoms with Gasteiger partial charge in [-0.25, -0.2) is 0 Å². The van der Waals surface area contributed by atoms with Gasteiger partial charge >= 0.3 is 0 Å². The average molecular weight is 476 g/mol. The molecule has 0 aromatic heterocycles. The van der Waals surface area contributed by atoms with Crippen LogP contribution in [0.2, 0.25) is 10.0 Å². The first-order chi connectivity index (χ1) is 15.3. The number of unbranched alkanes of at least 4 members (excludes halogenated alkanes) is 2. The lowest BCUT2D eigenvalue weighted by Crippen LogP contribution is -2.30. The smallest absolute Gasteiger partial charge is 0.295 e. The minimum atomic E-state index is -0.735. The molecule has 1 amide bonds. The van der Waals surface area contributed by atoms with Crippen LogP contribution in [0.25, 0.3) is 5.76 Å². The first-order valence-electron chi connectivity index (χ1n) is 10.7. The Balaban J connectivity index is 2.20. The van der Waals surface area contributed by atoms with Gasteiger partial charge in [0.05, 0.1) is 29.3 Å². The molecule has 0 aliphatic carbocycles. The van der Waals surface area contributed by atoms with Crippen LogP contribution >= 0.6 is 23.2 Å². The molecule has 3 rings (SSSR count). The Morgan fingerprint density at radius 2 is 1.78 bits per heavy atom. The summed E-state index contributed by atoms with van der Waals surface area (Å²) in [5.41, 5.74) is 2.07. The average Bonchev–Trinajstić information content (AvgIpc) is 3.03. The molecule has 0 spiro atoms. The number of nitrogens with zero attached hydrogens (tertiary/aromatic N) is 1. The van der Waals surface area contributed by atoms with E-state index in [1.54, 1.807) is 4.90 Å². The van der Waals surface area contributed by atoms with Crippen LogP contribution in [0.1, 0.15) is 55.8 Å². The molecule has 1 saturated heterocycles. The molecule has 5 nitrogen and oxygen atoms in total. The molecular formula is C25H27Cl2NO4. The summed E-state index contributed by atoms with van der Waals surface area (Å²) in [4.78, 5) is 27.7. The normalized spacial score (nSPS) is 17.8. The fourth-order valence-electron chi connectivity index (χ4n) is 4.01. The van der Waals surface area contributed by atoms with Crippen molar-refractivity contribution < 1.29 is 19.4 Å². The lowest BCUT2D eigenvalue weighted by molar-refractivity contribution is -0.139. The topological polar surface area (TPSA) is 66.8 Å². The summed E-state index contributed by atoms with van der Waals surface area (Å²) in [6, 6.07) is 10.00. The monoisotopic (exact) mass is 475 g/mol. The van der Waals surface area contributed by atoms with E-state index >= 15 is 0 Å². The molecule has 0 radical (unpaired) electrons. The van der Waals surface area contributed by atoms with Crippen molar-refractivity contribution in [2.24, 2.45) is 0 Å². The number of hydrogen-bond donors (Lipinski definition) is 1. The van der Waals surface area contributed by atoms with Crippen LogP contribution in [0, 0.1) is 0 Å². The zero-order valence-corrected chi connectivity index (χ0v) is 20.0. The molecule has 0 saturated carbocycles. The van der Waals surface area contributed by atoms with Crippen molar-refractivity contribution in [2.75, 3.05) is 13.7 Å². The summed E-state index contributed by atoms with van der Waals surface area (Å²) in [5.74, 6) is -1.53. The number of hydrogen-bond acceptors (Lipinski definition) is 4. The highest BCUT2D eigenvalue weighted by Gasteiger charge is 2.46. The minimum Gasteiger partial charge on any atom is -0.507 e. The highest BCUT2D eigenvalue weighted by atomic mass is 35.5. The Morgan fingerprint density at radius 1 is 1.09 bits per heavy atom. The molecule has 1 aliphatic rings. The molecule has 170 valence electrons. The Kier molecular flexibility index (Phi) is 7.86. The number of benzene rings is 2. The lowest BCUT2D eigenvalue weighted by atomic mass is 9.94. The summed E-state index contributed by atoms with van der Waals surface area (Å²) in [7, 11) is 1.41. The van der Waals surface area contributed by atoms with Gasteiger partial charge in [0.15, 0.2) is 0 Å². The number of aryl methyl sites for hydroxylation is 1.